The molecule has 0 saturated heterocycles. The Bertz CT molecular complexity index is 872. The second kappa shape index (κ2) is 9.78. The number of benzene rings is 1. The first-order valence-corrected chi connectivity index (χ1v) is 10.4. The summed E-state index contributed by atoms with van der Waals surface area (Å²) in [6, 6.07) is 7.85. The Balaban J connectivity index is 1.57. The van der Waals surface area contributed by atoms with E-state index < -0.39 is 0 Å². The molecule has 0 amide bonds. The molecule has 7 nitrogen and oxygen atoms in total. The molecule has 0 spiro atoms. The van der Waals surface area contributed by atoms with E-state index in [1.54, 1.807) is 4.68 Å². The second-order valence-corrected chi connectivity index (χ2v) is 7.54. The van der Waals surface area contributed by atoms with Crippen molar-refractivity contribution in [3.63, 3.8) is 0 Å². The van der Waals surface area contributed by atoms with E-state index in [4.69, 9.17) is 16.6 Å². The van der Waals surface area contributed by atoms with Gasteiger partial charge in [-0.1, -0.05) is 23.7 Å². The molecule has 2 heterocycles. The van der Waals surface area contributed by atoms with Crippen LogP contribution in [0.2, 0.25) is 5.02 Å². The van der Waals surface area contributed by atoms with E-state index in [9.17, 15) is 4.79 Å². The summed E-state index contributed by atoms with van der Waals surface area (Å²) >= 11 is 6.08. The van der Waals surface area contributed by atoms with Crippen molar-refractivity contribution in [3.8, 4) is 0 Å². The molecule has 0 unspecified atom stereocenters. The van der Waals surface area contributed by atoms with E-state index >= 15 is 0 Å². The number of aryl methyl sites for hydroxylation is 2. The van der Waals surface area contributed by atoms with Gasteiger partial charge < -0.3 is 10.2 Å². The third-order valence-electron chi connectivity index (χ3n) is 4.83. The van der Waals surface area contributed by atoms with Crippen molar-refractivity contribution in [2.75, 3.05) is 20.1 Å². The van der Waals surface area contributed by atoms with Gasteiger partial charge in [0.05, 0.1) is 0 Å². The summed E-state index contributed by atoms with van der Waals surface area (Å²) in [6.45, 7) is 5.60. The molecular formula is C20H29ClN6O. The van der Waals surface area contributed by atoms with Crippen molar-refractivity contribution in [1.29, 1.82) is 0 Å². The van der Waals surface area contributed by atoms with Crippen LogP contribution in [0, 0.1) is 0 Å². The van der Waals surface area contributed by atoms with Crippen molar-refractivity contribution in [1.82, 2.24) is 24.6 Å². The van der Waals surface area contributed by atoms with Gasteiger partial charge in [-0.05, 0) is 43.9 Å². The van der Waals surface area contributed by atoms with Gasteiger partial charge in [-0.15, -0.1) is 0 Å². The molecule has 3 rings (SSSR count). The Labute approximate surface area is 171 Å². The van der Waals surface area contributed by atoms with E-state index in [1.807, 2.05) is 29.8 Å². The first kappa shape index (κ1) is 20.5. The summed E-state index contributed by atoms with van der Waals surface area (Å²) < 4.78 is 3.41. The first-order chi connectivity index (χ1) is 13.6. The van der Waals surface area contributed by atoms with Crippen molar-refractivity contribution >= 4 is 17.6 Å². The summed E-state index contributed by atoms with van der Waals surface area (Å²) in [6.07, 6.45) is 3.86. The van der Waals surface area contributed by atoms with Gasteiger partial charge in [-0.2, -0.15) is 5.10 Å². The maximum atomic E-state index is 12.4. The lowest BCUT2D eigenvalue weighted by molar-refractivity contribution is 0.474. The minimum absolute atomic E-state index is 0.0173. The molecule has 0 aliphatic carbocycles. The van der Waals surface area contributed by atoms with Crippen molar-refractivity contribution < 1.29 is 0 Å². The molecule has 1 N–H and O–H groups in total. The number of aromatic nitrogens is 3. The number of nitrogens with one attached hydrogen (secondary N) is 1. The fraction of sp³-hybridized carbons (Fsp3) is 0.550. The fourth-order valence-corrected chi connectivity index (χ4v) is 3.67. The maximum Gasteiger partial charge on any atom is 0.345 e. The van der Waals surface area contributed by atoms with Crippen LogP contribution in [0.3, 0.4) is 0 Å². The molecule has 1 aliphatic heterocycles. The van der Waals surface area contributed by atoms with Gasteiger partial charge in [-0.3, -0.25) is 9.56 Å². The summed E-state index contributed by atoms with van der Waals surface area (Å²) in [5.41, 5.74) is 1.15. The molecule has 0 radical (unpaired) electrons. The number of nitrogens with zero attached hydrogens (tertiary/aromatic N) is 5. The first-order valence-electron chi connectivity index (χ1n) is 9.99. The standard InChI is InChI=1S/C20H29ClN6O/c1-3-22-19(25(2)15-16-8-6-9-17(21)14-16)23-11-7-13-27-20(28)26-12-5-4-10-18(26)24-27/h6,8-9,14H,3-5,7,10-13,15H2,1-2H3,(H,22,23). The number of hydrogen-bond acceptors (Lipinski definition) is 3. The van der Waals surface area contributed by atoms with Crippen LogP contribution < -0.4 is 11.0 Å². The van der Waals surface area contributed by atoms with Crippen LogP contribution in [0.25, 0.3) is 0 Å². The lowest BCUT2D eigenvalue weighted by Crippen LogP contribution is -2.38. The van der Waals surface area contributed by atoms with Gasteiger partial charge in [0.15, 0.2) is 5.96 Å². The Morgan fingerprint density at radius 3 is 3.00 bits per heavy atom. The lowest BCUT2D eigenvalue weighted by atomic mass is 10.2. The highest BCUT2D eigenvalue weighted by atomic mass is 35.5. The summed E-state index contributed by atoms with van der Waals surface area (Å²) in [4.78, 5) is 19.2. The summed E-state index contributed by atoms with van der Waals surface area (Å²) in [7, 11) is 2.01. The Hall–Kier alpha value is -2.28. The zero-order chi connectivity index (χ0) is 19.9. The molecule has 0 saturated carbocycles. The molecule has 152 valence electrons. The monoisotopic (exact) mass is 404 g/mol. The van der Waals surface area contributed by atoms with E-state index in [1.165, 1.54) is 0 Å². The zero-order valence-electron chi connectivity index (χ0n) is 16.7. The predicted octanol–water partition coefficient (Wildman–Crippen LogP) is 2.52. The Morgan fingerprint density at radius 2 is 2.25 bits per heavy atom. The molecule has 0 bridgehead atoms. The molecule has 0 fully saturated rings. The molecule has 2 aromatic rings. The maximum absolute atomic E-state index is 12.4. The highest BCUT2D eigenvalue weighted by molar-refractivity contribution is 6.30. The van der Waals surface area contributed by atoms with Crippen LogP contribution >= 0.6 is 11.6 Å². The van der Waals surface area contributed by atoms with Crippen LogP contribution in [0.1, 0.15) is 37.6 Å². The highest BCUT2D eigenvalue weighted by Gasteiger charge is 2.16. The molecule has 28 heavy (non-hydrogen) atoms. The second-order valence-electron chi connectivity index (χ2n) is 7.11. The minimum Gasteiger partial charge on any atom is -0.357 e. The summed E-state index contributed by atoms with van der Waals surface area (Å²) in [5.74, 6) is 1.77. The van der Waals surface area contributed by atoms with Gasteiger partial charge in [0.1, 0.15) is 5.82 Å². The van der Waals surface area contributed by atoms with Gasteiger partial charge in [0, 0.05) is 51.2 Å². The van der Waals surface area contributed by atoms with E-state index in [0.717, 1.165) is 67.7 Å². The number of rotatable bonds is 7. The quantitative estimate of drug-likeness (QED) is 0.437. The number of hydrogen-bond donors (Lipinski definition) is 1. The Morgan fingerprint density at radius 1 is 1.39 bits per heavy atom. The average molecular weight is 405 g/mol. The van der Waals surface area contributed by atoms with Gasteiger partial charge in [0.25, 0.3) is 0 Å². The van der Waals surface area contributed by atoms with E-state index in [2.05, 4.69) is 28.3 Å². The van der Waals surface area contributed by atoms with Gasteiger partial charge >= 0.3 is 5.69 Å². The fourth-order valence-electron chi connectivity index (χ4n) is 3.45. The van der Waals surface area contributed by atoms with Crippen LogP contribution in [-0.2, 0) is 26.1 Å². The molecule has 1 aromatic carbocycles. The largest absolute Gasteiger partial charge is 0.357 e. The van der Waals surface area contributed by atoms with E-state index in [0.29, 0.717) is 13.1 Å². The van der Waals surface area contributed by atoms with Gasteiger partial charge in [0.2, 0.25) is 0 Å². The number of halogens is 1. The lowest BCUT2D eigenvalue weighted by Gasteiger charge is -2.22. The molecule has 1 aromatic heterocycles. The minimum atomic E-state index is 0.0173. The molecule has 1 aliphatic rings. The third kappa shape index (κ3) is 5.16. The van der Waals surface area contributed by atoms with Crippen LogP contribution in [-0.4, -0.2) is 45.3 Å². The molecular weight excluding hydrogens is 376 g/mol. The SMILES string of the molecule is CCNC(=NCCCn1nc2n(c1=O)CCCC2)N(C)Cc1cccc(Cl)c1. The Kier molecular flexibility index (Phi) is 7.14. The number of aliphatic imine (C=N–C) groups is 1. The van der Waals surface area contributed by atoms with Crippen molar-refractivity contribution in [2.45, 2.75) is 52.2 Å². The van der Waals surface area contributed by atoms with Gasteiger partial charge in [-0.25, -0.2) is 9.48 Å². The van der Waals surface area contributed by atoms with E-state index in [-0.39, 0.29) is 5.69 Å². The van der Waals surface area contributed by atoms with Crippen LogP contribution in [0.5, 0.6) is 0 Å². The topological polar surface area (TPSA) is 67.5 Å². The summed E-state index contributed by atoms with van der Waals surface area (Å²) in [5, 5.41) is 8.54. The smallest absolute Gasteiger partial charge is 0.345 e. The highest BCUT2D eigenvalue weighted by Crippen LogP contribution is 2.12. The number of guanidine groups is 1. The zero-order valence-corrected chi connectivity index (χ0v) is 17.5. The third-order valence-corrected chi connectivity index (χ3v) is 5.06. The molecule has 0 atom stereocenters. The van der Waals surface area contributed by atoms with Crippen LogP contribution in [0.4, 0.5) is 0 Å². The van der Waals surface area contributed by atoms with Crippen molar-refractivity contribution in [3.05, 3.63) is 51.2 Å². The predicted molar refractivity (Wildman–Crippen MR) is 113 cm³/mol. The normalized spacial score (nSPS) is 14.0. The number of fused-ring (bicyclic) bond motifs is 1. The van der Waals surface area contributed by atoms with Crippen molar-refractivity contribution in [2.24, 2.45) is 4.99 Å². The average Bonchev–Trinajstić information content (AvgIpc) is 3.00. The molecule has 8 heteroatoms. The van der Waals surface area contributed by atoms with Crippen LogP contribution in [0.15, 0.2) is 34.1 Å².